The lowest BCUT2D eigenvalue weighted by atomic mass is 10.1. The highest BCUT2D eigenvalue weighted by atomic mass is 32.1. The summed E-state index contributed by atoms with van der Waals surface area (Å²) in [6.45, 7) is 1.69. The average Bonchev–Trinajstić information content (AvgIpc) is 2.25. The van der Waals surface area contributed by atoms with Gasteiger partial charge in [0.25, 0.3) is 0 Å². The molecular weight excluding hydrogens is 216 g/mol. The molecule has 0 rings (SSSR count). The monoisotopic (exact) mass is 244 g/mol. The van der Waals surface area contributed by atoms with Gasteiger partial charge in [0.1, 0.15) is 5.78 Å². The number of hydrogen-bond donors (Lipinski definition) is 1. The van der Waals surface area contributed by atoms with Crippen molar-refractivity contribution in [1.82, 2.24) is 0 Å². The van der Waals surface area contributed by atoms with Crippen LogP contribution < -0.4 is 0 Å². The standard InChI is InChI=1S/C14H28OS/c1-14(15)12-10-8-6-4-2-3-5-7-9-11-13-16/h16H,2-13H2,1H3. The second-order valence-corrected chi connectivity index (χ2v) is 5.16. The minimum Gasteiger partial charge on any atom is -0.300 e. The molecule has 0 aromatic carbocycles. The van der Waals surface area contributed by atoms with E-state index in [0.717, 1.165) is 18.6 Å². The molecule has 0 aliphatic heterocycles. The van der Waals surface area contributed by atoms with Crippen LogP contribution in [0.2, 0.25) is 0 Å². The van der Waals surface area contributed by atoms with E-state index in [0.29, 0.717) is 5.78 Å². The molecular formula is C14H28OS. The molecule has 0 amide bonds. The molecule has 0 aromatic heterocycles. The molecule has 0 fully saturated rings. The van der Waals surface area contributed by atoms with Gasteiger partial charge in [-0.25, -0.2) is 0 Å². The lowest BCUT2D eigenvalue weighted by molar-refractivity contribution is -0.117. The van der Waals surface area contributed by atoms with Crippen molar-refractivity contribution in [2.75, 3.05) is 5.75 Å². The first-order valence-electron chi connectivity index (χ1n) is 6.87. The minimum atomic E-state index is 0.337. The average molecular weight is 244 g/mol. The number of unbranched alkanes of at least 4 members (excludes halogenated alkanes) is 9. The quantitative estimate of drug-likeness (QED) is 0.385. The highest BCUT2D eigenvalue weighted by Gasteiger charge is 1.94. The van der Waals surface area contributed by atoms with E-state index in [1.807, 2.05) is 0 Å². The molecule has 0 aliphatic rings. The zero-order valence-electron chi connectivity index (χ0n) is 10.8. The van der Waals surface area contributed by atoms with Gasteiger partial charge >= 0.3 is 0 Å². The zero-order valence-corrected chi connectivity index (χ0v) is 11.7. The van der Waals surface area contributed by atoms with E-state index in [-0.39, 0.29) is 0 Å². The fourth-order valence-electron chi connectivity index (χ4n) is 1.90. The Morgan fingerprint density at radius 3 is 1.50 bits per heavy atom. The highest BCUT2D eigenvalue weighted by Crippen LogP contribution is 2.11. The van der Waals surface area contributed by atoms with Crippen molar-refractivity contribution in [1.29, 1.82) is 0 Å². The summed E-state index contributed by atoms with van der Waals surface area (Å²) in [5.74, 6) is 1.38. The van der Waals surface area contributed by atoms with Crippen molar-refractivity contribution in [2.45, 2.75) is 77.6 Å². The third-order valence-corrected chi connectivity index (χ3v) is 3.25. The summed E-state index contributed by atoms with van der Waals surface area (Å²) >= 11 is 4.20. The van der Waals surface area contributed by atoms with Crippen LogP contribution in [0.4, 0.5) is 0 Å². The predicted molar refractivity (Wildman–Crippen MR) is 75.3 cm³/mol. The maximum atomic E-state index is 10.7. The normalized spacial score (nSPS) is 10.6. The smallest absolute Gasteiger partial charge is 0.129 e. The van der Waals surface area contributed by atoms with Crippen molar-refractivity contribution in [3.05, 3.63) is 0 Å². The number of Topliss-reactive ketones (excluding diaryl/α,β-unsaturated/α-hetero) is 1. The highest BCUT2D eigenvalue weighted by molar-refractivity contribution is 7.80. The van der Waals surface area contributed by atoms with E-state index in [1.165, 1.54) is 57.8 Å². The lowest BCUT2D eigenvalue weighted by Gasteiger charge is -2.01. The topological polar surface area (TPSA) is 17.1 Å². The molecule has 0 saturated heterocycles. The van der Waals surface area contributed by atoms with Crippen LogP contribution in [-0.2, 0) is 4.79 Å². The summed E-state index contributed by atoms with van der Waals surface area (Å²) in [4.78, 5) is 10.7. The van der Waals surface area contributed by atoms with Gasteiger partial charge in [-0.3, -0.25) is 0 Å². The summed E-state index contributed by atoms with van der Waals surface area (Å²) in [5, 5.41) is 0. The second kappa shape index (κ2) is 13.1. The molecule has 0 N–H and O–H groups in total. The van der Waals surface area contributed by atoms with E-state index < -0.39 is 0 Å². The molecule has 0 spiro atoms. The molecule has 0 atom stereocenters. The molecule has 0 aliphatic carbocycles. The van der Waals surface area contributed by atoms with Gasteiger partial charge in [0.05, 0.1) is 0 Å². The van der Waals surface area contributed by atoms with Gasteiger partial charge in [0.2, 0.25) is 0 Å². The number of rotatable bonds is 12. The number of thiol groups is 1. The van der Waals surface area contributed by atoms with Crippen molar-refractivity contribution < 1.29 is 4.79 Å². The van der Waals surface area contributed by atoms with E-state index in [9.17, 15) is 4.79 Å². The summed E-state index contributed by atoms with van der Waals surface area (Å²) < 4.78 is 0. The largest absolute Gasteiger partial charge is 0.300 e. The van der Waals surface area contributed by atoms with Crippen molar-refractivity contribution in [3.8, 4) is 0 Å². The number of hydrogen-bond acceptors (Lipinski definition) is 2. The van der Waals surface area contributed by atoms with Crippen LogP contribution in [0.1, 0.15) is 77.6 Å². The second-order valence-electron chi connectivity index (χ2n) is 4.71. The van der Waals surface area contributed by atoms with Crippen LogP contribution >= 0.6 is 12.6 Å². The van der Waals surface area contributed by atoms with Gasteiger partial charge in [-0.1, -0.05) is 51.4 Å². The van der Waals surface area contributed by atoms with Gasteiger partial charge in [-0.2, -0.15) is 12.6 Å². The molecule has 0 heterocycles. The Labute approximate surface area is 107 Å². The number of carbonyl (C=O) groups is 1. The van der Waals surface area contributed by atoms with Gasteiger partial charge in [-0.05, 0) is 25.5 Å². The third kappa shape index (κ3) is 14.0. The molecule has 1 nitrogen and oxygen atoms in total. The first kappa shape index (κ1) is 16.0. The van der Waals surface area contributed by atoms with Crippen LogP contribution in [-0.4, -0.2) is 11.5 Å². The third-order valence-electron chi connectivity index (χ3n) is 2.94. The Hall–Kier alpha value is 0.0200. The molecule has 0 bridgehead atoms. The predicted octanol–water partition coefficient (Wildman–Crippen LogP) is 4.80. The molecule has 96 valence electrons. The molecule has 0 aromatic rings. The first-order valence-corrected chi connectivity index (χ1v) is 7.51. The van der Waals surface area contributed by atoms with Gasteiger partial charge in [0, 0.05) is 6.42 Å². The fourth-order valence-corrected chi connectivity index (χ4v) is 2.12. The van der Waals surface area contributed by atoms with Crippen LogP contribution in [0.5, 0.6) is 0 Å². The maximum absolute atomic E-state index is 10.7. The van der Waals surface area contributed by atoms with E-state index in [4.69, 9.17) is 0 Å². The van der Waals surface area contributed by atoms with Crippen molar-refractivity contribution >= 4 is 18.4 Å². The lowest BCUT2D eigenvalue weighted by Crippen LogP contribution is -1.89. The Balaban J connectivity index is 2.90. The molecule has 0 saturated carbocycles. The molecule has 0 radical (unpaired) electrons. The first-order chi connectivity index (χ1) is 7.77. The number of ketones is 1. The van der Waals surface area contributed by atoms with Gasteiger partial charge < -0.3 is 4.79 Å². The summed E-state index contributed by atoms with van der Waals surface area (Å²) in [6.07, 6.45) is 13.9. The van der Waals surface area contributed by atoms with E-state index >= 15 is 0 Å². The van der Waals surface area contributed by atoms with Crippen molar-refractivity contribution in [3.63, 3.8) is 0 Å². The Morgan fingerprint density at radius 2 is 1.12 bits per heavy atom. The Morgan fingerprint density at radius 1 is 0.750 bits per heavy atom. The van der Waals surface area contributed by atoms with Crippen LogP contribution in [0, 0.1) is 0 Å². The Bertz CT molecular complexity index is 157. The summed E-state index contributed by atoms with van der Waals surface area (Å²) in [7, 11) is 0. The summed E-state index contributed by atoms with van der Waals surface area (Å²) in [5.41, 5.74) is 0. The van der Waals surface area contributed by atoms with E-state index in [2.05, 4.69) is 12.6 Å². The summed E-state index contributed by atoms with van der Waals surface area (Å²) in [6, 6.07) is 0. The van der Waals surface area contributed by atoms with Crippen LogP contribution in [0.15, 0.2) is 0 Å². The number of carbonyl (C=O) groups excluding carboxylic acids is 1. The molecule has 0 unspecified atom stereocenters. The van der Waals surface area contributed by atoms with Gasteiger partial charge in [-0.15, -0.1) is 0 Å². The SMILES string of the molecule is CC(=O)CCCCCCCCCCCCS. The minimum absolute atomic E-state index is 0.337. The van der Waals surface area contributed by atoms with Gasteiger partial charge in [0.15, 0.2) is 0 Å². The van der Waals surface area contributed by atoms with Crippen molar-refractivity contribution in [2.24, 2.45) is 0 Å². The molecule has 2 heteroatoms. The van der Waals surface area contributed by atoms with E-state index in [1.54, 1.807) is 6.92 Å². The Kier molecular flexibility index (Phi) is 13.1. The zero-order chi connectivity index (χ0) is 12.1. The van der Waals surface area contributed by atoms with Crippen LogP contribution in [0.25, 0.3) is 0 Å². The van der Waals surface area contributed by atoms with Crippen LogP contribution in [0.3, 0.4) is 0 Å². The maximum Gasteiger partial charge on any atom is 0.129 e. The fraction of sp³-hybridized carbons (Fsp3) is 0.929. The molecule has 16 heavy (non-hydrogen) atoms.